The fraction of sp³-hybridized carbons (Fsp3) is 0.773. The lowest BCUT2D eigenvalue weighted by atomic mass is 10.2. The van der Waals surface area contributed by atoms with Gasteiger partial charge in [-0.05, 0) is 39.3 Å². The van der Waals surface area contributed by atoms with Crippen LogP contribution >= 0.6 is 0 Å². The molecule has 0 radical (unpaired) electrons. The predicted octanol–water partition coefficient (Wildman–Crippen LogP) is 4.88. The lowest BCUT2D eigenvalue weighted by Gasteiger charge is -2.28. The van der Waals surface area contributed by atoms with Crippen molar-refractivity contribution in [3.05, 3.63) is 16.7 Å². The van der Waals surface area contributed by atoms with E-state index < -0.39 is 33.1 Å². The van der Waals surface area contributed by atoms with Crippen molar-refractivity contribution in [3.8, 4) is 0 Å². The van der Waals surface area contributed by atoms with Crippen molar-refractivity contribution in [2.24, 2.45) is 0 Å². The number of ether oxygens (including phenoxy) is 1. The van der Waals surface area contributed by atoms with Gasteiger partial charge in [-0.25, -0.2) is 4.98 Å². The predicted molar refractivity (Wildman–Crippen MR) is 154 cm³/mol. The zero-order chi connectivity index (χ0) is 26.6. The molecule has 2 aromatic rings. The van der Waals surface area contributed by atoms with Crippen LogP contribution < -0.4 is 10.5 Å². The summed E-state index contributed by atoms with van der Waals surface area (Å²) < 4.78 is 23.0. The molecule has 1 N–H and O–H groups in total. The van der Waals surface area contributed by atoms with E-state index in [1.54, 1.807) is 6.33 Å². The molecule has 198 valence electrons. The Labute approximate surface area is 214 Å². The van der Waals surface area contributed by atoms with E-state index in [2.05, 4.69) is 88.5 Å². The minimum Gasteiger partial charge on any atom is -0.415 e. The zero-order valence-corrected chi connectivity index (χ0v) is 27.6. The summed E-state index contributed by atoms with van der Waals surface area (Å²) in [5, 5.41) is 0. The quantitative estimate of drug-likeness (QED) is 0.441. The third-order valence-corrected chi connectivity index (χ3v) is 10.2. The van der Waals surface area contributed by atoms with Gasteiger partial charge < -0.3 is 22.8 Å². The minimum atomic E-state index is -2.05. The molecule has 1 aliphatic heterocycles. The molecule has 13 heteroatoms. The molecule has 0 saturated carbocycles. The molecule has 0 aromatic carbocycles. The Hall–Kier alpha value is -1.10. The maximum absolute atomic E-state index is 13.6. The molecule has 0 amide bonds. The lowest BCUT2D eigenvalue weighted by molar-refractivity contribution is -0.0367. The molecule has 3 heterocycles. The fourth-order valence-electron chi connectivity index (χ4n) is 4.15. The summed E-state index contributed by atoms with van der Waals surface area (Å²) in [4.78, 5) is 26.7. The van der Waals surface area contributed by atoms with Gasteiger partial charge in [0.05, 0.1) is 19.0 Å². The maximum Gasteiger partial charge on any atom is 0.275 e. The van der Waals surface area contributed by atoms with Gasteiger partial charge in [0.2, 0.25) is 0 Å². The number of imidazole rings is 1. The van der Waals surface area contributed by atoms with Crippen molar-refractivity contribution in [2.45, 2.75) is 103 Å². The summed E-state index contributed by atoms with van der Waals surface area (Å²) >= 11 is 0. The second-order valence-electron chi connectivity index (χ2n) is 13.5. The van der Waals surface area contributed by atoms with E-state index in [0.717, 1.165) is 0 Å². The summed E-state index contributed by atoms with van der Waals surface area (Å²) in [6.07, 6.45) is 1.82. The molecule has 0 aliphatic carbocycles. The Bertz CT molecular complexity index is 1110. The Morgan fingerprint density at radius 3 is 2.17 bits per heavy atom. The van der Waals surface area contributed by atoms with Gasteiger partial charge in [-0.3, -0.25) is 9.36 Å². The molecule has 3 unspecified atom stereocenters. The van der Waals surface area contributed by atoms with Gasteiger partial charge in [0.1, 0.15) is 20.6 Å². The molecule has 3 rings (SSSR count). The van der Waals surface area contributed by atoms with Crippen LogP contribution in [0.5, 0.6) is 0 Å². The number of nitrogens with zero attached hydrogens (tertiary/aromatic N) is 4. The van der Waals surface area contributed by atoms with E-state index in [4.69, 9.17) is 18.6 Å². The van der Waals surface area contributed by atoms with Gasteiger partial charge in [-0.2, -0.15) is 4.98 Å². The molecule has 1 saturated heterocycles. The summed E-state index contributed by atoms with van der Waals surface area (Å²) in [6, 6.07) is 0. The van der Waals surface area contributed by atoms with Crippen LogP contribution in [0.25, 0.3) is 11.2 Å². The molecule has 1 aliphatic rings. The Balaban J connectivity index is 2.04. The molecule has 0 spiro atoms. The number of hydrogen-bond acceptors (Lipinski definition) is 7. The topological polar surface area (TPSA) is 92.4 Å². The molecule has 0 bridgehead atoms. The molecule has 3 atom stereocenters. The fourth-order valence-corrected chi connectivity index (χ4v) is 8.38. The molecule has 2 aromatic heterocycles. The van der Waals surface area contributed by atoms with E-state index in [1.807, 2.05) is 8.80 Å². The third-order valence-electron chi connectivity index (χ3n) is 5.43. The molecule has 35 heavy (non-hydrogen) atoms. The number of hydrogen-bond donors (Lipinski definition) is 1. The van der Waals surface area contributed by atoms with Crippen LogP contribution in [0.2, 0.25) is 78.6 Å². The largest absolute Gasteiger partial charge is 0.415 e. The standard InChI is InChI=1S/C22H45N5O4Si4/c1-32(2,3)25-22-24-20-19(21(28)27(22)33(4,5)6)23-15-26(20)18-13-16(31-35(10,11)12)17(30-18)14-29-34(7,8)9/h15-18H,13-14H2,1-12H3,(H,24,25). The third kappa shape index (κ3) is 7.23. The first-order chi connectivity index (χ1) is 15.8. The first-order valence-electron chi connectivity index (χ1n) is 12.5. The Morgan fingerprint density at radius 1 is 1.03 bits per heavy atom. The van der Waals surface area contributed by atoms with E-state index >= 15 is 0 Å². The molecule has 9 nitrogen and oxygen atoms in total. The van der Waals surface area contributed by atoms with E-state index in [0.29, 0.717) is 30.1 Å². The lowest BCUT2D eigenvalue weighted by Crippen LogP contribution is -2.46. The van der Waals surface area contributed by atoms with Crippen molar-refractivity contribution in [1.29, 1.82) is 0 Å². The Kier molecular flexibility index (Phi) is 7.85. The maximum atomic E-state index is 13.6. The van der Waals surface area contributed by atoms with Crippen molar-refractivity contribution >= 4 is 50.2 Å². The number of anilines is 1. The van der Waals surface area contributed by atoms with Gasteiger partial charge in [-0.1, -0.05) is 39.3 Å². The van der Waals surface area contributed by atoms with Crippen LogP contribution in [-0.2, 0) is 13.6 Å². The van der Waals surface area contributed by atoms with Crippen LogP contribution in [-0.4, -0.2) is 70.7 Å². The molecular weight excluding hydrogens is 511 g/mol. The molecular formula is C22H45N5O4Si4. The van der Waals surface area contributed by atoms with Crippen LogP contribution in [0.1, 0.15) is 12.6 Å². The summed E-state index contributed by atoms with van der Waals surface area (Å²) in [5.74, 6) is 0.647. The SMILES string of the molecule is C[Si](C)(C)Nc1nc2c(ncn2C2CC(O[Si](C)(C)C)C(CO[Si](C)(C)C)O2)c(=O)n1[Si](C)(C)C. The van der Waals surface area contributed by atoms with Crippen LogP contribution in [0, 0.1) is 0 Å². The first-order valence-corrected chi connectivity index (χ1v) is 26.3. The summed E-state index contributed by atoms with van der Waals surface area (Å²) in [7, 11) is -7.32. The van der Waals surface area contributed by atoms with Crippen molar-refractivity contribution in [3.63, 3.8) is 0 Å². The van der Waals surface area contributed by atoms with Gasteiger partial charge in [-0.15, -0.1) is 0 Å². The number of aromatic nitrogens is 4. The normalized spacial score (nSPS) is 22.2. The Morgan fingerprint density at radius 2 is 1.66 bits per heavy atom. The van der Waals surface area contributed by atoms with Gasteiger partial charge in [0, 0.05) is 6.42 Å². The van der Waals surface area contributed by atoms with E-state index in [9.17, 15) is 4.79 Å². The van der Waals surface area contributed by atoms with Crippen LogP contribution in [0.15, 0.2) is 11.1 Å². The average molecular weight is 556 g/mol. The average Bonchev–Trinajstić information content (AvgIpc) is 3.19. The first kappa shape index (κ1) is 28.5. The number of fused-ring (bicyclic) bond motifs is 1. The second kappa shape index (κ2) is 9.65. The van der Waals surface area contributed by atoms with Gasteiger partial charge in [0.15, 0.2) is 42.0 Å². The highest BCUT2D eigenvalue weighted by Crippen LogP contribution is 2.34. The highest BCUT2D eigenvalue weighted by molar-refractivity contribution is 6.80. The zero-order valence-electron chi connectivity index (χ0n) is 23.6. The number of rotatable bonds is 9. The smallest absolute Gasteiger partial charge is 0.275 e. The summed E-state index contributed by atoms with van der Waals surface area (Å²) in [5.41, 5.74) is 0.871. The highest BCUT2D eigenvalue weighted by Gasteiger charge is 2.41. The monoisotopic (exact) mass is 555 g/mol. The van der Waals surface area contributed by atoms with E-state index in [-0.39, 0.29) is 24.0 Å². The highest BCUT2D eigenvalue weighted by atomic mass is 28.4. The van der Waals surface area contributed by atoms with Crippen molar-refractivity contribution in [2.75, 3.05) is 11.6 Å². The number of nitrogens with one attached hydrogen (secondary N) is 1. The van der Waals surface area contributed by atoms with Crippen LogP contribution in [0.3, 0.4) is 0 Å². The minimum absolute atomic E-state index is 0.0672. The molecule has 1 fully saturated rings. The second-order valence-corrected chi connectivity index (χ2v) is 32.0. The van der Waals surface area contributed by atoms with Crippen molar-refractivity contribution in [1.82, 2.24) is 18.8 Å². The van der Waals surface area contributed by atoms with Gasteiger partial charge >= 0.3 is 0 Å². The summed E-state index contributed by atoms with van der Waals surface area (Å²) in [6.45, 7) is 26.7. The van der Waals surface area contributed by atoms with Gasteiger partial charge in [0.25, 0.3) is 5.56 Å². The van der Waals surface area contributed by atoms with Crippen LogP contribution in [0.4, 0.5) is 5.95 Å². The van der Waals surface area contributed by atoms with Crippen molar-refractivity contribution < 1.29 is 13.6 Å². The van der Waals surface area contributed by atoms with E-state index in [1.165, 1.54) is 0 Å².